The van der Waals surface area contributed by atoms with E-state index in [9.17, 15) is 23.1 Å². The van der Waals surface area contributed by atoms with E-state index in [0.717, 1.165) is 12.1 Å². The van der Waals surface area contributed by atoms with Crippen LogP contribution in [0.1, 0.15) is 29.7 Å². The topological polar surface area (TPSA) is 105 Å². The summed E-state index contributed by atoms with van der Waals surface area (Å²) < 4.78 is 40.0. The summed E-state index contributed by atoms with van der Waals surface area (Å²) in [6, 6.07) is 3.60. The summed E-state index contributed by atoms with van der Waals surface area (Å²) in [5, 5.41) is 9.61. The largest absolute Gasteiger partial charge is 0.416 e. The van der Waals surface area contributed by atoms with Crippen molar-refractivity contribution in [2.45, 2.75) is 19.2 Å². The number of benzene rings is 1. The van der Waals surface area contributed by atoms with Crippen molar-refractivity contribution in [1.29, 1.82) is 0 Å². The molecular formula is C18H15F3N4O2. The minimum atomic E-state index is -4.62. The Kier molecular flexibility index (Phi) is 4.71. The number of aromatic amines is 1. The molecule has 0 saturated heterocycles. The molecule has 4 N–H and O–H groups in total. The van der Waals surface area contributed by atoms with Crippen molar-refractivity contribution in [3.05, 3.63) is 53.4 Å². The van der Waals surface area contributed by atoms with Gasteiger partial charge in [0.1, 0.15) is 5.52 Å². The van der Waals surface area contributed by atoms with Crippen molar-refractivity contribution in [1.82, 2.24) is 15.0 Å². The number of nitrogens with one attached hydrogen (secondary N) is 1. The molecule has 27 heavy (non-hydrogen) atoms. The summed E-state index contributed by atoms with van der Waals surface area (Å²) in [5.41, 5.74) is 5.67. The fourth-order valence-corrected chi connectivity index (χ4v) is 2.67. The number of nitrogens with zero attached hydrogens (tertiary/aromatic N) is 2. The molecule has 2 heterocycles. The number of aromatic nitrogens is 3. The zero-order chi connectivity index (χ0) is 19.8. The lowest BCUT2D eigenvalue weighted by atomic mass is 9.98. The summed E-state index contributed by atoms with van der Waals surface area (Å²) in [5.74, 6) is -0.642. The lowest BCUT2D eigenvalue weighted by Crippen LogP contribution is -2.11. The van der Waals surface area contributed by atoms with Crippen LogP contribution in [-0.4, -0.2) is 26.0 Å². The van der Waals surface area contributed by atoms with Gasteiger partial charge in [-0.25, -0.2) is 9.97 Å². The lowest BCUT2D eigenvalue weighted by molar-refractivity contribution is -0.139. The van der Waals surface area contributed by atoms with Gasteiger partial charge in [-0.15, -0.1) is 0 Å². The van der Waals surface area contributed by atoms with Gasteiger partial charge < -0.3 is 15.8 Å². The highest BCUT2D eigenvalue weighted by Gasteiger charge is 2.34. The second-order valence-corrected chi connectivity index (χ2v) is 5.91. The molecule has 6 nitrogen and oxygen atoms in total. The number of carbonyl (C=O) groups excluding carboxylic acids is 1. The molecule has 0 aliphatic rings. The van der Waals surface area contributed by atoms with E-state index in [0.29, 0.717) is 16.7 Å². The third-order valence-electron chi connectivity index (χ3n) is 3.94. The van der Waals surface area contributed by atoms with Crippen molar-refractivity contribution in [2.75, 3.05) is 0 Å². The number of alkyl halides is 3. The Morgan fingerprint density at radius 1 is 1.37 bits per heavy atom. The zero-order valence-corrected chi connectivity index (χ0v) is 14.1. The van der Waals surface area contributed by atoms with E-state index < -0.39 is 23.8 Å². The van der Waals surface area contributed by atoms with Crippen LogP contribution in [0.5, 0.6) is 0 Å². The van der Waals surface area contributed by atoms with Crippen LogP contribution in [0.25, 0.3) is 28.5 Å². The van der Waals surface area contributed by atoms with E-state index in [1.807, 2.05) is 0 Å². The number of aliphatic hydroxyl groups is 1. The van der Waals surface area contributed by atoms with Gasteiger partial charge in [-0.3, -0.25) is 4.79 Å². The summed E-state index contributed by atoms with van der Waals surface area (Å²) in [4.78, 5) is 22.3. The van der Waals surface area contributed by atoms with Crippen LogP contribution in [-0.2, 0) is 11.0 Å². The van der Waals surface area contributed by atoms with Gasteiger partial charge in [0, 0.05) is 23.4 Å². The minimum Gasteiger partial charge on any atom is -0.389 e. The highest BCUT2D eigenvalue weighted by atomic mass is 19.4. The molecule has 0 spiro atoms. The second-order valence-electron chi connectivity index (χ2n) is 5.91. The Morgan fingerprint density at radius 3 is 2.74 bits per heavy atom. The first-order valence-corrected chi connectivity index (χ1v) is 7.88. The van der Waals surface area contributed by atoms with Crippen LogP contribution < -0.4 is 5.73 Å². The number of nitrogens with two attached hydrogens (primary N) is 1. The standard InChI is InChI=1S/C18H15F3N4O2/c1-9(26)12-4-2-10(6-13(12)18(19,20)21)14-8-24-17-16(25-14)11(7-23-17)3-5-15(22)27/h2-9,26H,1H3,(H2,22,27)(H,23,24)/t9-/m1/s1. The Labute approximate surface area is 151 Å². The summed E-state index contributed by atoms with van der Waals surface area (Å²) in [6.45, 7) is 1.27. The number of halogens is 3. The van der Waals surface area contributed by atoms with E-state index in [1.165, 1.54) is 31.3 Å². The summed E-state index contributed by atoms with van der Waals surface area (Å²) >= 11 is 0. The first kappa shape index (κ1) is 18.6. The highest BCUT2D eigenvalue weighted by molar-refractivity contribution is 5.93. The van der Waals surface area contributed by atoms with Crippen molar-refractivity contribution >= 4 is 23.1 Å². The molecule has 0 saturated carbocycles. The number of aliphatic hydroxyl groups excluding tert-OH is 1. The monoisotopic (exact) mass is 376 g/mol. The number of hydrogen-bond acceptors (Lipinski definition) is 4. The molecule has 140 valence electrons. The fourth-order valence-electron chi connectivity index (χ4n) is 2.67. The van der Waals surface area contributed by atoms with Gasteiger partial charge in [0.05, 0.1) is 23.6 Å². The van der Waals surface area contributed by atoms with Gasteiger partial charge in [0.25, 0.3) is 0 Å². The molecule has 0 aliphatic heterocycles. The van der Waals surface area contributed by atoms with Gasteiger partial charge in [-0.2, -0.15) is 13.2 Å². The zero-order valence-electron chi connectivity index (χ0n) is 14.1. The van der Waals surface area contributed by atoms with Crippen LogP contribution in [0, 0.1) is 0 Å². The first-order chi connectivity index (χ1) is 12.7. The molecule has 1 aromatic carbocycles. The van der Waals surface area contributed by atoms with Gasteiger partial charge >= 0.3 is 6.18 Å². The molecule has 1 amide bonds. The predicted octanol–water partition coefficient (Wildman–Crippen LogP) is 3.20. The molecule has 0 aliphatic carbocycles. The number of carbonyl (C=O) groups is 1. The maximum absolute atomic E-state index is 13.3. The molecule has 1 atom stereocenters. The van der Waals surface area contributed by atoms with E-state index in [2.05, 4.69) is 15.0 Å². The number of rotatable bonds is 4. The molecule has 0 bridgehead atoms. The quantitative estimate of drug-likeness (QED) is 0.608. The van der Waals surface area contributed by atoms with Crippen molar-refractivity contribution in [3.63, 3.8) is 0 Å². The summed E-state index contributed by atoms with van der Waals surface area (Å²) in [7, 11) is 0. The third-order valence-corrected chi connectivity index (χ3v) is 3.94. The first-order valence-electron chi connectivity index (χ1n) is 7.88. The average Bonchev–Trinajstić information content (AvgIpc) is 3.00. The molecule has 0 fully saturated rings. The molecule has 3 aromatic rings. The van der Waals surface area contributed by atoms with Crippen LogP contribution in [0.15, 0.2) is 36.7 Å². The number of H-pyrrole nitrogens is 1. The molecule has 0 radical (unpaired) electrons. The van der Waals surface area contributed by atoms with Gasteiger partial charge in [-0.1, -0.05) is 12.1 Å². The molecule has 9 heteroatoms. The number of primary amides is 1. The maximum atomic E-state index is 13.3. The highest BCUT2D eigenvalue weighted by Crippen LogP contribution is 2.37. The number of hydrogen-bond donors (Lipinski definition) is 3. The fraction of sp³-hybridized carbons (Fsp3) is 0.167. The van der Waals surface area contributed by atoms with Crippen LogP contribution in [0.2, 0.25) is 0 Å². The number of fused-ring (bicyclic) bond motifs is 1. The van der Waals surface area contributed by atoms with Crippen molar-refractivity contribution in [2.24, 2.45) is 5.73 Å². The smallest absolute Gasteiger partial charge is 0.389 e. The van der Waals surface area contributed by atoms with Crippen LogP contribution in [0.3, 0.4) is 0 Å². The Morgan fingerprint density at radius 2 is 2.11 bits per heavy atom. The second kappa shape index (κ2) is 6.84. The molecular weight excluding hydrogens is 361 g/mol. The summed E-state index contributed by atoms with van der Waals surface area (Å²) in [6.07, 6.45) is -0.389. The maximum Gasteiger partial charge on any atom is 0.416 e. The normalized spacial score (nSPS) is 13.4. The Bertz CT molecular complexity index is 1040. The lowest BCUT2D eigenvalue weighted by Gasteiger charge is -2.16. The predicted molar refractivity (Wildman–Crippen MR) is 93.2 cm³/mol. The molecule has 2 aromatic heterocycles. The van der Waals surface area contributed by atoms with Crippen molar-refractivity contribution in [3.8, 4) is 11.3 Å². The Hall–Kier alpha value is -3.20. The van der Waals surface area contributed by atoms with Gasteiger partial charge in [0.15, 0.2) is 5.65 Å². The molecule has 3 rings (SSSR count). The van der Waals surface area contributed by atoms with Crippen LogP contribution in [0.4, 0.5) is 13.2 Å². The van der Waals surface area contributed by atoms with E-state index >= 15 is 0 Å². The van der Waals surface area contributed by atoms with E-state index in [4.69, 9.17) is 5.73 Å². The van der Waals surface area contributed by atoms with E-state index in [-0.39, 0.29) is 16.8 Å². The van der Waals surface area contributed by atoms with Crippen LogP contribution >= 0.6 is 0 Å². The van der Waals surface area contributed by atoms with E-state index in [1.54, 1.807) is 6.20 Å². The Balaban J connectivity index is 2.12. The molecule has 0 unspecified atom stereocenters. The van der Waals surface area contributed by atoms with Crippen molar-refractivity contribution < 1.29 is 23.1 Å². The average molecular weight is 376 g/mol. The SMILES string of the molecule is C[C@@H](O)c1ccc(-c2cnc3[nH]cc(C=CC(N)=O)c3n2)cc1C(F)(F)F. The minimum absolute atomic E-state index is 0.201. The van der Waals surface area contributed by atoms with Gasteiger partial charge in [-0.05, 0) is 24.6 Å². The number of amides is 1. The third kappa shape index (κ3) is 3.82. The van der Waals surface area contributed by atoms with Gasteiger partial charge in [0.2, 0.25) is 5.91 Å².